The van der Waals surface area contributed by atoms with Crippen molar-refractivity contribution in [2.75, 3.05) is 12.4 Å². The minimum Gasteiger partial charge on any atom is -0.497 e. The number of tetrazole rings is 1. The van der Waals surface area contributed by atoms with E-state index in [2.05, 4.69) is 20.8 Å². The minimum absolute atomic E-state index is 0.107. The first-order valence-electron chi connectivity index (χ1n) is 8.94. The SMILES string of the molecule is COc1ccc(Cn2nnnc2SC(C)C(=O)Nc2ccccc2C(C)=O)cc1. The van der Waals surface area contributed by atoms with Crippen LogP contribution < -0.4 is 10.1 Å². The van der Waals surface area contributed by atoms with Gasteiger partial charge in [0.2, 0.25) is 11.1 Å². The molecule has 0 fully saturated rings. The van der Waals surface area contributed by atoms with Crippen LogP contribution in [-0.2, 0) is 11.3 Å². The third kappa shape index (κ3) is 5.20. The average molecular weight is 411 g/mol. The Bertz CT molecular complexity index is 1000. The first-order chi connectivity index (χ1) is 14.0. The predicted octanol–water partition coefficient (Wildman–Crippen LogP) is 3.05. The summed E-state index contributed by atoms with van der Waals surface area (Å²) in [7, 11) is 1.62. The number of hydrogen-bond acceptors (Lipinski definition) is 7. The molecule has 0 radical (unpaired) electrons. The Balaban J connectivity index is 1.66. The van der Waals surface area contributed by atoms with E-state index in [0.29, 0.717) is 23.0 Å². The van der Waals surface area contributed by atoms with Gasteiger partial charge < -0.3 is 10.1 Å². The summed E-state index contributed by atoms with van der Waals surface area (Å²) < 4.78 is 6.80. The Labute approximate surface area is 172 Å². The van der Waals surface area contributed by atoms with Gasteiger partial charge in [-0.3, -0.25) is 9.59 Å². The molecule has 1 amide bonds. The number of nitrogens with one attached hydrogen (secondary N) is 1. The van der Waals surface area contributed by atoms with Crippen LogP contribution in [0.4, 0.5) is 5.69 Å². The van der Waals surface area contributed by atoms with Gasteiger partial charge in [-0.05, 0) is 54.1 Å². The number of aromatic nitrogens is 4. The fourth-order valence-corrected chi connectivity index (χ4v) is 3.42. The maximum atomic E-state index is 12.6. The zero-order valence-corrected chi connectivity index (χ0v) is 17.1. The molecule has 8 nitrogen and oxygen atoms in total. The molecule has 1 N–H and O–H groups in total. The molecule has 9 heteroatoms. The van der Waals surface area contributed by atoms with Crippen LogP contribution in [0.2, 0.25) is 0 Å². The number of benzene rings is 2. The van der Waals surface area contributed by atoms with E-state index in [-0.39, 0.29) is 11.7 Å². The van der Waals surface area contributed by atoms with Gasteiger partial charge in [-0.25, -0.2) is 4.68 Å². The fraction of sp³-hybridized carbons (Fsp3) is 0.250. The molecule has 1 atom stereocenters. The molecule has 1 aromatic heterocycles. The summed E-state index contributed by atoms with van der Waals surface area (Å²) in [5, 5.41) is 14.7. The number of ether oxygens (including phenoxy) is 1. The highest BCUT2D eigenvalue weighted by Crippen LogP contribution is 2.24. The van der Waals surface area contributed by atoms with Crippen LogP contribution in [-0.4, -0.2) is 44.3 Å². The highest BCUT2D eigenvalue weighted by atomic mass is 32.2. The smallest absolute Gasteiger partial charge is 0.237 e. The van der Waals surface area contributed by atoms with Gasteiger partial charge in [0.05, 0.1) is 24.6 Å². The first kappa shape index (κ1) is 20.5. The third-order valence-electron chi connectivity index (χ3n) is 4.21. The number of ketones is 1. The molecule has 29 heavy (non-hydrogen) atoms. The van der Waals surface area contributed by atoms with Crippen molar-refractivity contribution in [3.8, 4) is 5.75 Å². The molecule has 0 bridgehead atoms. The Hall–Kier alpha value is -3.20. The summed E-state index contributed by atoms with van der Waals surface area (Å²) in [5.41, 5.74) is 1.98. The van der Waals surface area contributed by atoms with Crippen LogP contribution in [0.5, 0.6) is 5.75 Å². The van der Waals surface area contributed by atoms with Gasteiger partial charge in [0.25, 0.3) is 0 Å². The van der Waals surface area contributed by atoms with E-state index >= 15 is 0 Å². The molecule has 3 aromatic rings. The number of rotatable bonds is 8. The highest BCUT2D eigenvalue weighted by molar-refractivity contribution is 8.00. The van der Waals surface area contributed by atoms with E-state index in [9.17, 15) is 9.59 Å². The molecular weight excluding hydrogens is 390 g/mol. The van der Waals surface area contributed by atoms with Gasteiger partial charge in [0.1, 0.15) is 5.75 Å². The number of thioether (sulfide) groups is 1. The van der Waals surface area contributed by atoms with Gasteiger partial charge in [-0.1, -0.05) is 36.0 Å². The van der Waals surface area contributed by atoms with Gasteiger partial charge >= 0.3 is 0 Å². The molecule has 1 unspecified atom stereocenters. The Morgan fingerprint density at radius 2 is 1.90 bits per heavy atom. The number of nitrogens with zero attached hydrogens (tertiary/aromatic N) is 4. The third-order valence-corrected chi connectivity index (χ3v) is 5.28. The van der Waals surface area contributed by atoms with Crippen LogP contribution in [0.1, 0.15) is 29.8 Å². The standard InChI is InChI=1S/C20H21N5O3S/c1-13(26)17-6-4-5-7-18(17)21-19(27)14(2)29-20-22-23-24-25(20)12-15-8-10-16(28-3)11-9-15/h4-11,14H,12H2,1-3H3,(H,21,27). The number of anilines is 1. The zero-order valence-electron chi connectivity index (χ0n) is 16.3. The summed E-state index contributed by atoms with van der Waals surface area (Å²) in [6.07, 6.45) is 0. The largest absolute Gasteiger partial charge is 0.497 e. The predicted molar refractivity (Wildman–Crippen MR) is 110 cm³/mol. The summed E-state index contributed by atoms with van der Waals surface area (Å²) in [6.45, 7) is 3.71. The molecule has 1 heterocycles. The quantitative estimate of drug-likeness (QED) is 0.449. The van der Waals surface area contributed by atoms with Crippen LogP contribution in [0, 0.1) is 0 Å². The number of Topliss-reactive ketones (excluding diaryl/α,β-unsaturated/α-hetero) is 1. The van der Waals surface area contributed by atoms with Crippen LogP contribution in [0.15, 0.2) is 53.7 Å². The van der Waals surface area contributed by atoms with Gasteiger partial charge in [-0.15, -0.1) is 5.10 Å². The summed E-state index contributed by atoms with van der Waals surface area (Å²) in [6, 6.07) is 14.5. The number of methoxy groups -OCH3 is 1. The van der Waals surface area contributed by atoms with Crippen LogP contribution in [0.25, 0.3) is 0 Å². The lowest BCUT2D eigenvalue weighted by atomic mass is 10.1. The van der Waals surface area contributed by atoms with Crippen molar-refractivity contribution in [3.63, 3.8) is 0 Å². The Morgan fingerprint density at radius 3 is 2.59 bits per heavy atom. The van der Waals surface area contributed by atoms with E-state index < -0.39 is 5.25 Å². The van der Waals surface area contributed by atoms with E-state index in [0.717, 1.165) is 11.3 Å². The number of carbonyl (C=O) groups excluding carboxylic acids is 2. The molecule has 0 aliphatic carbocycles. The maximum Gasteiger partial charge on any atom is 0.237 e. The van der Waals surface area contributed by atoms with Crippen molar-refractivity contribution < 1.29 is 14.3 Å². The van der Waals surface area contributed by atoms with Crippen LogP contribution in [0.3, 0.4) is 0 Å². The second kappa shape index (κ2) is 9.33. The second-order valence-corrected chi connectivity index (χ2v) is 7.63. The minimum atomic E-state index is -0.462. The lowest BCUT2D eigenvalue weighted by Gasteiger charge is -2.13. The molecule has 3 rings (SSSR count). The van der Waals surface area contributed by atoms with E-state index in [1.165, 1.54) is 18.7 Å². The number of carbonyl (C=O) groups is 2. The number of amides is 1. The molecule has 0 saturated heterocycles. The topological polar surface area (TPSA) is 99.0 Å². The van der Waals surface area contributed by atoms with Crippen molar-refractivity contribution in [1.82, 2.24) is 20.2 Å². The lowest BCUT2D eigenvalue weighted by Crippen LogP contribution is -2.24. The Kier molecular flexibility index (Phi) is 6.61. The van der Waals surface area contributed by atoms with Crippen molar-refractivity contribution in [2.45, 2.75) is 30.8 Å². The fourth-order valence-electron chi connectivity index (χ4n) is 2.63. The summed E-state index contributed by atoms with van der Waals surface area (Å²) in [4.78, 5) is 24.4. The van der Waals surface area contributed by atoms with Crippen LogP contribution >= 0.6 is 11.8 Å². The van der Waals surface area contributed by atoms with E-state index in [1.54, 1.807) is 43.0 Å². The monoisotopic (exact) mass is 411 g/mol. The molecule has 2 aromatic carbocycles. The Morgan fingerprint density at radius 1 is 1.17 bits per heavy atom. The second-order valence-electron chi connectivity index (χ2n) is 6.32. The number of hydrogen-bond donors (Lipinski definition) is 1. The number of para-hydroxylation sites is 1. The highest BCUT2D eigenvalue weighted by Gasteiger charge is 2.20. The van der Waals surface area contributed by atoms with Gasteiger partial charge in [0.15, 0.2) is 5.78 Å². The summed E-state index contributed by atoms with van der Waals surface area (Å²) >= 11 is 1.25. The zero-order chi connectivity index (χ0) is 20.8. The summed E-state index contributed by atoms with van der Waals surface area (Å²) in [5.74, 6) is 0.434. The molecule has 0 saturated carbocycles. The van der Waals surface area contributed by atoms with Gasteiger partial charge in [-0.2, -0.15) is 0 Å². The molecule has 150 valence electrons. The van der Waals surface area contributed by atoms with Crippen molar-refractivity contribution in [2.24, 2.45) is 0 Å². The molecule has 0 spiro atoms. The molecule has 0 aliphatic heterocycles. The van der Waals surface area contributed by atoms with E-state index in [4.69, 9.17) is 4.74 Å². The first-order valence-corrected chi connectivity index (χ1v) is 9.82. The normalized spacial score (nSPS) is 11.7. The van der Waals surface area contributed by atoms with Crippen molar-refractivity contribution in [1.29, 1.82) is 0 Å². The van der Waals surface area contributed by atoms with Crippen molar-refractivity contribution >= 4 is 29.1 Å². The molecular formula is C20H21N5O3S. The van der Waals surface area contributed by atoms with Crippen molar-refractivity contribution in [3.05, 3.63) is 59.7 Å². The molecule has 0 aliphatic rings. The van der Waals surface area contributed by atoms with E-state index in [1.807, 2.05) is 24.3 Å². The average Bonchev–Trinajstić information content (AvgIpc) is 3.15. The lowest BCUT2D eigenvalue weighted by molar-refractivity contribution is -0.115. The van der Waals surface area contributed by atoms with Gasteiger partial charge in [0, 0.05) is 5.56 Å². The maximum absolute atomic E-state index is 12.6.